The van der Waals surface area contributed by atoms with Crippen LogP contribution in [0.3, 0.4) is 0 Å². The standard InChI is InChI=1S/C14H13NO5/c1-7-3-8-4-12(18-2)9(5-11(8)19-7)10-6-13(14(16)17)20-15-10/h4-7H,3H2,1-2H3,(H,16,17). The van der Waals surface area contributed by atoms with Gasteiger partial charge in [-0.15, -0.1) is 0 Å². The Kier molecular flexibility index (Phi) is 2.85. The van der Waals surface area contributed by atoms with E-state index < -0.39 is 5.97 Å². The molecule has 0 bridgehead atoms. The minimum absolute atomic E-state index is 0.122. The number of carboxylic acid groups (broad SMARTS) is 1. The summed E-state index contributed by atoms with van der Waals surface area (Å²) in [6.07, 6.45) is 0.947. The number of hydrogen-bond acceptors (Lipinski definition) is 5. The molecular formula is C14H13NO5. The topological polar surface area (TPSA) is 81.8 Å². The van der Waals surface area contributed by atoms with Crippen LogP contribution in [0.4, 0.5) is 0 Å². The number of rotatable bonds is 3. The molecule has 0 spiro atoms. The fourth-order valence-corrected chi connectivity index (χ4v) is 2.31. The monoisotopic (exact) mass is 275 g/mol. The number of hydrogen-bond donors (Lipinski definition) is 1. The minimum atomic E-state index is -1.16. The van der Waals surface area contributed by atoms with Crippen molar-refractivity contribution in [2.24, 2.45) is 0 Å². The van der Waals surface area contributed by atoms with Crippen LogP contribution in [0.25, 0.3) is 11.3 Å². The second-order valence-electron chi connectivity index (χ2n) is 4.67. The van der Waals surface area contributed by atoms with Crippen molar-refractivity contribution in [1.82, 2.24) is 5.16 Å². The highest BCUT2D eigenvalue weighted by molar-refractivity contribution is 5.86. The Morgan fingerprint density at radius 1 is 1.45 bits per heavy atom. The third-order valence-electron chi connectivity index (χ3n) is 3.22. The first kappa shape index (κ1) is 12.5. The van der Waals surface area contributed by atoms with Gasteiger partial charge in [0, 0.05) is 23.6 Å². The molecule has 1 unspecified atom stereocenters. The molecule has 20 heavy (non-hydrogen) atoms. The van der Waals surface area contributed by atoms with E-state index in [2.05, 4.69) is 5.16 Å². The van der Waals surface area contributed by atoms with E-state index in [1.165, 1.54) is 6.07 Å². The van der Waals surface area contributed by atoms with Crippen molar-refractivity contribution < 1.29 is 23.9 Å². The highest BCUT2D eigenvalue weighted by Gasteiger charge is 2.24. The minimum Gasteiger partial charge on any atom is -0.496 e. The lowest BCUT2D eigenvalue weighted by molar-refractivity contribution is 0.0652. The number of carbonyl (C=O) groups is 1. The van der Waals surface area contributed by atoms with Gasteiger partial charge >= 0.3 is 5.97 Å². The molecule has 0 saturated carbocycles. The van der Waals surface area contributed by atoms with Gasteiger partial charge in [0.25, 0.3) is 0 Å². The van der Waals surface area contributed by atoms with Gasteiger partial charge in [0.05, 0.1) is 7.11 Å². The summed E-state index contributed by atoms with van der Waals surface area (Å²) >= 11 is 0. The van der Waals surface area contributed by atoms with Gasteiger partial charge in [-0.2, -0.15) is 0 Å². The molecule has 1 N–H and O–H groups in total. The van der Waals surface area contributed by atoms with E-state index in [9.17, 15) is 4.79 Å². The average Bonchev–Trinajstić information content (AvgIpc) is 3.01. The summed E-state index contributed by atoms with van der Waals surface area (Å²) in [5, 5.41) is 12.6. The number of benzene rings is 1. The lowest BCUT2D eigenvalue weighted by Crippen LogP contribution is -2.05. The molecule has 0 saturated heterocycles. The Bertz CT molecular complexity index is 676. The largest absolute Gasteiger partial charge is 0.496 e. The summed E-state index contributed by atoms with van der Waals surface area (Å²) < 4.78 is 15.8. The van der Waals surface area contributed by atoms with Crippen LogP contribution < -0.4 is 9.47 Å². The predicted octanol–water partition coefficient (Wildman–Crippen LogP) is 2.37. The van der Waals surface area contributed by atoms with E-state index in [0.717, 1.165) is 17.7 Å². The van der Waals surface area contributed by atoms with Crippen LogP contribution in [-0.2, 0) is 6.42 Å². The molecule has 1 aliphatic rings. The Morgan fingerprint density at radius 3 is 2.90 bits per heavy atom. The molecule has 6 heteroatoms. The summed E-state index contributed by atoms with van der Waals surface area (Å²) in [6, 6.07) is 5.06. The number of ether oxygens (including phenoxy) is 2. The van der Waals surface area contributed by atoms with Crippen molar-refractivity contribution in [3.63, 3.8) is 0 Å². The summed E-state index contributed by atoms with van der Waals surface area (Å²) in [6.45, 7) is 1.99. The van der Waals surface area contributed by atoms with Gasteiger partial charge < -0.3 is 19.1 Å². The van der Waals surface area contributed by atoms with Crippen LogP contribution in [0.15, 0.2) is 22.7 Å². The zero-order valence-electron chi connectivity index (χ0n) is 11.0. The molecule has 1 aliphatic heterocycles. The number of fused-ring (bicyclic) bond motifs is 1. The molecule has 3 rings (SSSR count). The Hall–Kier alpha value is -2.50. The van der Waals surface area contributed by atoms with E-state index in [4.69, 9.17) is 19.1 Å². The first-order valence-electron chi connectivity index (χ1n) is 6.16. The van der Waals surface area contributed by atoms with Crippen molar-refractivity contribution in [1.29, 1.82) is 0 Å². The van der Waals surface area contributed by atoms with Crippen LogP contribution in [0.1, 0.15) is 23.0 Å². The Balaban J connectivity index is 2.08. The van der Waals surface area contributed by atoms with E-state index in [0.29, 0.717) is 17.0 Å². The average molecular weight is 275 g/mol. The van der Waals surface area contributed by atoms with Crippen molar-refractivity contribution in [2.75, 3.05) is 7.11 Å². The molecule has 0 fully saturated rings. The van der Waals surface area contributed by atoms with E-state index in [1.54, 1.807) is 13.2 Å². The van der Waals surface area contributed by atoms with Gasteiger partial charge in [-0.05, 0) is 19.1 Å². The lowest BCUT2D eigenvalue weighted by Gasteiger charge is -2.08. The third kappa shape index (κ3) is 1.99. The second-order valence-corrected chi connectivity index (χ2v) is 4.67. The number of aromatic carboxylic acids is 1. The maximum Gasteiger partial charge on any atom is 0.374 e. The molecule has 104 valence electrons. The molecule has 0 aliphatic carbocycles. The van der Waals surface area contributed by atoms with Crippen LogP contribution in [0, 0.1) is 0 Å². The fraction of sp³-hybridized carbons (Fsp3) is 0.286. The molecule has 0 amide bonds. The first-order chi connectivity index (χ1) is 9.58. The summed E-state index contributed by atoms with van der Waals surface area (Å²) in [5.41, 5.74) is 2.13. The van der Waals surface area contributed by atoms with Crippen molar-refractivity contribution in [3.05, 3.63) is 29.5 Å². The molecule has 2 aromatic rings. The molecule has 1 aromatic heterocycles. The second kappa shape index (κ2) is 4.56. The van der Waals surface area contributed by atoms with Crippen molar-refractivity contribution >= 4 is 5.97 Å². The molecule has 6 nitrogen and oxygen atoms in total. The molecule has 2 heterocycles. The molecule has 1 atom stereocenters. The van der Waals surface area contributed by atoms with Crippen molar-refractivity contribution in [3.8, 4) is 22.8 Å². The quantitative estimate of drug-likeness (QED) is 0.926. The SMILES string of the molecule is COc1cc2c(cc1-c1cc(C(=O)O)on1)OC(C)C2. The smallest absolute Gasteiger partial charge is 0.374 e. The third-order valence-corrected chi connectivity index (χ3v) is 3.22. The fourth-order valence-electron chi connectivity index (χ4n) is 2.31. The lowest BCUT2D eigenvalue weighted by atomic mass is 10.0. The van der Waals surface area contributed by atoms with Gasteiger partial charge in [0.2, 0.25) is 5.76 Å². The zero-order chi connectivity index (χ0) is 14.3. The Morgan fingerprint density at radius 2 is 2.25 bits per heavy atom. The van der Waals surface area contributed by atoms with Gasteiger partial charge in [-0.1, -0.05) is 5.16 Å². The normalized spacial score (nSPS) is 16.6. The first-order valence-corrected chi connectivity index (χ1v) is 6.16. The summed E-state index contributed by atoms with van der Waals surface area (Å²) in [5.74, 6) is 0.0189. The maximum absolute atomic E-state index is 10.8. The van der Waals surface area contributed by atoms with Crippen LogP contribution in [0.2, 0.25) is 0 Å². The van der Waals surface area contributed by atoms with Gasteiger partial charge in [-0.3, -0.25) is 0 Å². The number of nitrogens with zero attached hydrogens (tertiary/aromatic N) is 1. The van der Waals surface area contributed by atoms with E-state index >= 15 is 0 Å². The van der Waals surface area contributed by atoms with Gasteiger partial charge in [0.15, 0.2) is 0 Å². The number of methoxy groups -OCH3 is 1. The highest BCUT2D eigenvalue weighted by atomic mass is 16.5. The highest BCUT2D eigenvalue weighted by Crippen LogP contribution is 2.39. The van der Waals surface area contributed by atoms with Crippen LogP contribution in [-0.4, -0.2) is 29.4 Å². The molecular weight excluding hydrogens is 262 g/mol. The number of aromatic nitrogens is 1. The maximum atomic E-state index is 10.8. The molecule has 0 radical (unpaired) electrons. The van der Waals surface area contributed by atoms with Crippen molar-refractivity contribution in [2.45, 2.75) is 19.4 Å². The van der Waals surface area contributed by atoms with Crippen LogP contribution in [0.5, 0.6) is 11.5 Å². The predicted molar refractivity (Wildman–Crippen MR) is 69.2 cm³/mol. The van der Waals surface area contributed by atoms with E-state index in [-0.39, 0.29) is 11.9 Å². The number of carboxylic acids is 1. The summed E-state index contributed by atoms with van der Waals surface area (Å²) in [7, 11) is 1.56. The zero-order valence-corrected chi connectivity index (χ0v) is 11.0. The van der Waals surface area contributed by atoms with Gasteiger partial charge in [0.1, 0.15) is 23.3 Å². The van der Waals surface area contributed by atoms with E-state index in [1.807, 2.05) is 13.0 Å². The van der Waals surface area contributed by atoms with Crippen LogP contribution >= 0.6 is 0 Å². The van der Waals surface area contributed by atoms with Gasteiger partial charge in [-0.25, -0.2) is 4.79 Å². The summed E-state index contributed by atoms with van der Waals surface area (Å²) in [4.78, 5) is 10.8. The Labute approximate surface area is 114 Å². The molecule has 1 aromatic carbocycles.